The van der Waals surface area contributed by atoms with Gasteiger partial charge in [-0.3, -0.25) is 4.79 Å². The third-order valence-corrected chi connectivity index (χ3v) is 3.31. The quantitative estimate of drug-likeness (QED) is 0.365. The Balaban J connectivity index is 0. The van der Waals surface area contributed by atoms with Crippen LogP contribution in [0.3, 0.4) is 0 Å². The highest BCUT2D eigenvalue weighted by molar-refractivity contribution is 5.89. The summed E-state index contributed by atoms with van der Waals surface area (Å²) >= 11 is 0. The molecule has 0 saturated heterocycles. The van der Waals surface area contributed by atoms with Crippen molar-refractivity contribution >= 4 is 23.8 Å². The minimum Gasteiger partial charge on any atom is -0.542 e. The van der Waals surface area contributed by atoms with E-state index in [0.717, 1.165) is 0 Å². The fraction of sp³-hybridized carbons (Fsp3) is 0.625. The van der Waals surface area contributed by atoms with Crippen LogP contribution in [0.15, 0.2) is 12.7 Å². The van der Waals surface area contributed by atoms with Crippen LogP contribution in [0.1, 0.15) is 20.8 Å². The number of amides is 1. The molecule has 0 saturated carbocycles. The van der Waals surface area contributed by atoms with E-state index in [4.69, 9.17) is 14.6 Å². The number of carbonyl (C=O) groups excluding carboxylic acids is 4. The van der Waals surface area contributed by atoms with Gasteiger partial charge in [0.05, 0.1) is 13.0 Å². The second-order valence-corrected chi connectivity index (χ2v) is 5.85. The van der Waals surface area contributed by atoms with Crippen LogP contribution in [0.4, 0.5) is 13.2 Å². The molecule has 0 radical (unpaired) electrons. The summed E-state index contributed by atoms with van der Waals surface area (Å²) in [5.74, 6) is -5.44. The van der Waals surface area contributed by atoms with E-state index < -0.39 is 48.0 Å². The normalized spacial score (nSPS) is 13.9. The molecule has 3 atom stereocenters. The van der Waals surface area contributed by atoms with Crippen molar-refractivity contribution < 1.29 is 52.7 Å². The summed E-state index contributed by atoms with van der Waals surface area (Å²) < 4.78 is 41.0. The molecule has 0 unspecified atom stereocenters. The maximum Gasteiger partial charge on any atom is 0.430 e. The molecule has 0 rings (SSSR count). The molecule has 28 heavy (non-hydrogen) atoms. The fourth-order valence-corrected chi connectivity index (χ4v) is 1.55. The number of methoxy groups -OCH3 is 1. The highest BCUT2D eigenvalue weighted by Gasteiger charge is 2.34. The smallest absolute Gasteiger partial charge is 0.430 e. The summed E-state index contributed by atoms with van der Waals surface area (Å²) in [6.45, 7) is 8.65. The largest absolute Gasteiger partial charge is 0.542 e. The van der Waals surface area contributed by atoms with Crippen LogP contribution in [-0.4, -0.2) is 55.8 Å². The molecule has 0 aromatic carbocycles. The lowest BCUT2D eigenvalue weighted by atomic mass is 9.99. The third kappa shape index (κ3) is 10.5. The van der Waals surface area contributed by atoms with E-state index in [2.05, 4.69) is 22.4 Å². The second kappa shape index (κ2) is 12.7. The number of ether oxygens (including phenoxy) is 2. The number of carboxylic acid groups (broad SMARTS) is 1. The zero-order valence-corrected chi connectivity index (χ0v) is 16.0. The summed E-state index contributed by atoms with van der Waals surface area (Å²) in [6.07, 6.45) is -3.75. The van der Waals surface area contributed by atoms with Gasteiger partial charge in [0.15, 0.2) is 6.04 Å². The monoisotopic (exact) mass is 414 g/mol. The van der Waals surface area contributed by atoms with Crippen LogP contribution >= 0.6 is 0 Å². The lowest BCUT2D eigenvalue weighted by molar-refractivity contribution is -0.416. The number of carbonyl (C=O) groups is 4. The lowest BCUT2D eigenvalue weighted by Gasteiger charge is -2.23. The van der Waals surface area contributed by atoms with E-state index in [1.54, 1.807) is 20.8 Å². The Morgan fingerprint density at radius 2 is 1.64 bits per heavy atom. The van der Waals surface area contributed by atoms with Gasteiger partial charge < -0.3 is 30.4 Å². The molecular weight excluding hydrogens is 389 g/mol. The van der Waals surface area contributed by atoms with E-state index in [-0.39, 0.29) is 12.5 Å². The second-order valence-electron chi connectivity index (χ2n) is 5.85. The molecule has 0 aliphatic rings. The Hall–Kier alpha value is -2.63. The highest BCUT2D eigenvalue weighted by atomic mass is 19.4. The molecule has 162 valence electrons. The number of halogens is 3. The molecule has 0 aliphatic carbocycles. The SMILES string of the molecule is C=CCOC(=O)[C@@H](NC(=O)[C@@H](C)[C@@H]([NH3+])C(=O)OC)C(C)C.O=C([O-])C(F)(F)F. The Morgan fingerprint density at radius 3 is 1.96 bits per heavy atom. The molecule has 0 aromatic rings. The van der Waals surface area contributed by atoms with Gasteiger partial charge in [-0.1, -0.05) is 26.5 Å². The number of aliphatic carboxylic acids is 1. The zero-order valence-electron chi connectivity index (χ0n) is 16.0. The third-order valence-electron chi connectivity index (χ3n) is 3.31. The van der Waals surface area contributed by atoms with Crippen molar-refractivity contribution in [3.8, 4) is 0 Å². The van der Waals surface area contributed by atoms with Crippen LogP contribution in [0.2, 0.25) is 0 Å². The van der Waals surface area contributed by atoms with Gasteiger partial charge in [0.25, 0.3) is 0 Å². The summed E-state index contributed by atoms with van der Waals surface area (Å²) in [5.41, 5.74) is 3.61. The van der Waals surface area contributed by atoms with Crippen molar-refractivity contribution in [1.82, 2.24) is 5.32 Å². The molecule has 0 fully saturated rings. The molecule has 0 bridgehead atoms. The van der Waals surface area contributed by atoms with E-state index in [0.29, 0.717) is 0 Å². The van der Waals surface area contributed by atoms with Gasteiger partial charge in [-0.05, 0) is 12.8 Å². The van der Waals surface area contributed by atoms with Crippen molar-refractivity contribution in [1.29, 1.82) is 0 Å². The number of carboxylic acids is 1. The van der Waals surface area contributed by atoms with Crippen LogP contribution in [0, 0.1) is 11.8 Å². The van der Waals surface area contributed by atoms with E-state index in [9.17, 15) is 27.6 Å². The predicted octanol–water partition coefficient (Wildman–Crippen LogP) is -1.43. The average molecular weight is 414 g/mol. The van der Waals surface area contributed by atoms with E-state index >= 15 is 0 Å². The molecule has 12 heteroatoms. The van der Waals surface area contributed by atoms with Gasteiger partial charge in [-0.15, -0.1) is 0 Å². The van der Waals surface area contributed by atoms with Crippen molar-refractivity contribution in [2.75, 3.05) is 13.7 Å². The summed E-state index contributed by atoms with van der Waals surface area (Å²) in [4.78, 5) is 44.2. The van der Waals surface area contributed by atoms with Gasteiger partial charge in [0.1, 0.15) is 18.6 Å². The number of hydrogen-bond donors (Lipinski definition) is 2. The van der Waals surface area contributed by atoms with Gasteiger partial charge in [-0.25, -0.2) is 9.59 Å². The van der Waals surface area contributed by atoms with Crippen LogP contribution in [0.5, 0.6) is 0 Å². The van der Waals surface area contributed by atoms with Crippen LogP contribution < -0.4 is 16.2 Å². The Morgan fingerprint density at radius 1 is 1.18 bits per heavy atom. The van der Waals surface area contributed by atoms with Gasteiger partial charge in [0.2, 0.25) is 5.91 Å². The van der Waals surface area contributed by atoms with E-state index in [1.165, 1.54) is 13.2 Å². The van der Waals surface area contributed by atoms with Crippen molar-refractivity contribution in [3.63, 3.8) is 0 Å². The fourth-order valence-electron chi connectivity index (χ4n) is 1.55. The first-order valence-corrected chi connectivity index (χ1v) is 7.97. The first-order chi connectivity index (χ1) is 12.7. The minimum absolute atomic E-state index is 0.0770. The zero-order chi connectivity index (χ0) is 22.7. The molecule has 1 amide bonds. The molecule has 9 nitrogen and oxygen atoms in total. The molecule has 0 heterocycles. The minimum atomic E-state index is -5.19. The number of esters is 2. The Labute approximate surface area is 160 Å². The van der Waals surface area contributed by atoms with Gasteiger partial charge in [-0.2, -0.15) is 13.2 Å². The van der Waals surface area contributed by atoms with Gasteiger partial charge in [0, 0.05) is 0 Å². The summed E-state index contributed by atoms with van der Waals surface area (Å²) in [5, 5.41) is 11.4. The highest BCUT2D eigenvalue weighted by Crippen LogP contribution is 2.11. The number of rotatable bonds is 8. The van der Waals surface area contributed by atoms with E-state index in [1.807, 2.05) is 0 Å². The average Bonchev–Trinajstić information content (AvgIpc) is 2.61. The lowest BCUT2D eigenvalue weighted by Crippen LogP contribution is -2.70. The number of alkyl halides is 3. The van der Waals surface area contributed by atoms with Crippen LogP contribution in [0.25, 0.3) is 0 Å². The topological polar surface area (TPSA) is 149 Å². The Bertz CT molecular complexity index is 565. The van der Waals surface area contributed by atoms with Crippen molar-refractivity contribution in [3.05, 3.63) is 12.7 Å². The molecule has 4 N–H and O–H groups in total. The number of nitrogens with one attached hydrogen (secondary N) is 1. The molecule has 0 aliphatic heterocycles. The van der Waals surface area contributed by atoms with Crippen LogP contribution in [-0.2, 0) is 28.7 Å². The number of hydrogen-bond acceptors (Lipinski definition) is 7. The van der Waals surface area contributed by atoms with Crippen molar-refractivity contribution in [2.45, 2.75) is 39.0 Å². The Kier molecular flexibility index (Phi) is 12.5. The standard InChI is InChI=1S/C14H24N2O5.C2HF3O2/c1-6-7-21-14(19)11(8(2)3)16-12(17)9(4)10(15)13(18)20-5;3-2(4,5)1(6)7/h6,8-11H,1,7,15H2,2-5H3,(H,16,17);(H,6,7)/t9-,10+,11-;/m0./s1. The molecular formula is C16H25F3N2O7. The first-order valence-electron chi connectivity index (χ1n) is 7.97. The van der Waals surface area contributed by atoms with Gasteiger partial charge >= 0.3 is 18.1 Å². The first kappa shape index (κ1) is 27.6. The maximum absolute atomic E-state index is 12.1. The molecule has 0 aromatic heterocycles. The van der Waals surface area contributed by atoms with Crippen molar-refractivity contribution in [2.24, 2.45) is 11.8 Å². The summed E-state index contributed by atoms with van der Waals surface area (Å²) in [6, 6.07) is -1.63. The maximum atomic E-state index is 12.1. The molecule has 0 spiro atoms. The predicted molar refractivity (Wildman–Crippen MR) is 86.8 cm³/mol. The number of quaternary nitrogens is 1. The summed E-state index contributed by atoms with van der Waals surface area (Å²) in [7, 11) is 1.23.